The molecule has 1 fully saturated rings. The summed E-state index contributed by atoms with van der Waals surface area (Å²) in [6.07, 6.45) is 6.78. The minimum atomic E-state index is -0.00576. The molecule has 0 heterocycles. The number of nitrogens with zero attached hydrogens (tertiary/aromatic N) is 1. The van der Waals surface area contributed by atoms with Gasteiger partial charge in [-0.3, -0.25) is 0 Å². The van der Waals surface area contributed by atoms with Gasteiger partial charge in [0.15, 0.2) is 0 Å². The fourth-order valence-corrected chi connectivity index (χ4v) is 3.05. The average Bonchev–Trinajstić information content (AvgIpc) is 2.73. The highest BCUT2D eigenvalue weighted by atomic mass is 14.4. The van der Waals surface area contributed by atoms with Crippen molar-refractivity contribution in [3.05, 3.63) is 35.9 Å². The first-order valence-electron chi connectivity index (χ1n) is 6.69. The van der Waals surface area contributed by atoms with E-state index in [-0.39, 0.29) is 5.41 Å². The van der Waals surface area contributed by atoms with Gasteiger partial charge in [-0.25, -0.2) is 0 Å². The van der Waals surface area contributed by atoms with Gasteiger partial charge < -0.3 is 0 Å². The number of rotatable bonds is 4. The molecule has 0 saturated heterocycles. The molecule has 0 bridgehead atoms. The highest BCUT2D eigenvalue weighted by Crippen LogP contribution is 2.44. The van der Waals surface area contributed by atoms with Gasteiger partial charge in [0, 0.05) is 0 Å². The van der Waals surface area contributed by atoms with Crippen LogP contribution < -0.4 is 0 Å². The largest absolute Gasteiger partial charge is 0.198 e. The first-order valence-corrected chi connectivity index (χ1v) is 6.69. The summed E-state index contributed by atoms with van der Waals surface area (Å²) >= 11 is 0. The zero-order valence-electron chi connectivity index (χ0n) is 10.7. The molecule has 0 N–H and O–H groups in total. The van der Waals surface area contributed by atoms with E-state index < -0.39 is 0 Å². The highest BCUT2D eigenvalue weighted by Gasteiger charge is 2.36. The SMILES string of the molecule is CC1CCC(C#N)(CCCc2ccccc2)C1. The van der Waals surface area contributed by atoms with E-state index in [9.17, 15) is 5.26 Å². The average molecular weight is 227 g/mol. The van der Waals surface area contributed by atoms with Gasteiger partial charge >= 0.3 is 0 Å². The molecule has 0 amide bonds. The predicted octanol–water partition coefficient (Wildman–Crippen LogP) is 4.34. The van der Waals surface area contributed by atoms with Crippen molar-refractivity contribution >= 4 is 0 Å². The molecular formula is C16H21N. The van der Waals surface area contributed by atoms with E-state index >= 15 is 0 Å². The van der Waals surface area contributed by atoms with Gasteiger partial charge in [0.1, 0.15) is 0 Å². The molecule has 2 unspecified atom stereocenters. The Kier molecular flexibility index (Phi) is 3.84. The van der Waals surface area contributed by atoms with Crippen LogP contribution in [0.1, 0.15) is 44.6 Å². The molecule has 1 heteroatoms. The third kappa shape index (κ3) is 3.09. The molecule has 1 saturated carbocycles. The van der Waals surface area contributed by atoms with E-state index in [4.69, 9.17) is 0 Å². The van der Waals surface area contributed by atoms with Gasteiger partial charge in [0.25, 0.3) is 0 Å². The third-order valence-electron chi connectivity index (χ3n) is 4.06. The van der Waals surface area contributed by atoms with Gasteiger partial charge in [-0.05, 0) is 50.0 Å². The second kappa shape index (κ2) is 5.36. The Morgan fingerprint density at radius 2 is 2.12 bits per heavy atom. The molecule has 0 aromatic heterocycles. The summed E-state index contributed by atoms with van der Waals surface area (Å²) < 4.78 is 0. The zero-order chi connectivity index (χ0) is 12.1. The van der Waals surface area contributed by atoms with Crippen molar-refractivity contribution in [1.82, 2.24) is 0 Å². The van der Waals surface area contributed by atoms with E-state index in [2.05, 4.69) is 43.3 Å². The Morgan fingerprint density at radius 3 is 2.71 bits per heavy atom. The molecule has 1 aromatic rings. The Hall–Kier alpha value is -1.29. The molecule has 0 spiro atoms. The van der Waals surface area contributed by atoms with Crippen LogP contribution in [-0.4, -0.2) is 0 Å². The van der Waals surface area contributed by atoms with E-state index in [0.717, 1.165) is 38.0 Å². The van der Waals surface area contributed by atoms with Crippen LogP contribution in [0.15, 0.2) is 30.3 Å². The van der Waals surface area contributed by atoms with E-state index in [1.807, 2.05) is 0 Å². The Balaban J connectivity index is 1.84. The Labute approximate surface area is 104 Å². The van der Waals surface area contributed by atoms with E-state index in [0.29, 0.717) is 0 Å². The molecule has 90 valence electrons. The maximum absolute atomic E-state index is 9.38. The van der Waals surface area contributed by atoms with Crippen LogP contribution in [0.25, 0.3) is 0 Å². The second-order valence-electron chi connectivity index (χ2n) is 5.58. The van der Waals surface area contributed by atoms with Crippen molar-refractivity contribution in [2.75, 3.05) is 0 Å². The van der Waals surface area contributed by atoms with Gasteiger partial charge in [-0.1, -0.05) is 37.3 Å². The summed E-state index contributed by atoms with van der Waals surface area (Å²) in [4.78, 5) is 0. The Bertz CT molecular complexity index is 390. The van der Waals surface area contributed by atoms with Crippen molar-refractivity contribution in [3.63, 3.8) is 0 Å². The lowest BCUT2D eigenvalue weighted by atomic mass is 9.81. The van der Waals surface area contributed by atoms with Gasteiger partial charge in [-0.15, -0.1) is 0 Å². The quantitative estimate of drug-likeness (QED) is 0.750. The normalized spacial score (nSPS) is 27.9. The summed E-state index contributed by atoms with van der Waals surface area (Å²) in [5.74, 6) is 0.742. The van der Waals surface area contributed by atoms with Crippen LogP contribution in [0.3, 0.4) is 0 Å². The smallest absolute Gasteiger partial charge is 0.0689 e. The lowest BCUT2D eigenvalue weighted by Crippen LogP contribution is -2.14. The number of hydrogen-bond donors (Lipinski definition) is 0. The number of nitriles is 1. The van der Waals surface area contributed by atoms with Crippen LogP contribution in [0, 0.1) is 22.7 Å². The zero-order valence-corrected chi connectivity index (χ0v) is 10.7. The summed E-state index contributed by atoms with van der Waals surface area (Å²) in [5.41, 5.74) is 1.39. The maximum atomic E-state index is 9.38. The second-order valence-corrected chi connectivity index (χ2v) is 5.58. The minimum Gasteiger partial charge on any atom is -0.198 e. The molecule has 1 aliphatic carbocycles. The molecule has 1 aromatic carbocycles. The summed E-state index contributed by atoms with van der Waals surface area (Å²) in [6, 6.07) is 13.2. The van der Waals surface area contributed by atoms with Gasteiger partial charge in [0.05, 0.1) is 11.5 Å². The van der Waals surface area contributed by atoms with Crippen molar-refractivity contribution in [3.8, 4) is 6.07 Å². The minimum absolute atomic E-state index is 0.00576. The lowest BCUT2D eigenvalue weighted by molar-refractivity contribution is 0.352. The molecule has 1 nitrogen and oxygen atoms in total. The Morgan fingerprint density at radius 1 is 1.35 bits per heavy atom. The van der Waals surface area contributed by atoms with Crippen molar-refractivity contribution < 1.29 is 0 Å². The summed E-state index contributed by atoms with van der Waals surface area (Å²) in [6.45, 7) is 2.27. The van der Waals surface area contributed by atoms with Crippen molar-refractivity contribution in [2.45, 2.75) is 45.4 Å². The van der Waals surface area contributed by atoms with Gasteiger partial charge in [-0.2, -0.15) is 5.26 Å². The lowest BCUT2D eigenvalue weighted by Gasteiger charge is -2.20. The molecular weight excluding hydrogens is 206 g/mol. The molecule has 17 heavy (non-hydrogen) atoms. The highest BCUT2D eigenvalue weighted by molar-refractivity contribution is 5.15. The third-order valence-corrected chi connectivity index (χ3v) is 4.06. The fourth-order valence-electron chi connectivity index (χ4n) is 3.05. The van der Waals surface area contributed by atoms with E-state index in [1.165, 1.54) is 12.0 Å². The first kappa shape index (κ1) is 12.2. The van der Waals surface area contributed by atoms with Crippen LogP contribution in [0.4, 0.5) is 0 Å². The van der Waals surface area contributed by atoms with E-state index in [1.54, 1.807) is 0 Å². The number of benzene rings is 1. The van der Waals surface area contributed by atoms with Crippen molar-refractivity contribution in [2.24, 2.45) is 11.3 Å². The molecule has 0 aliphatic heterocycles. The van der Waals surface area contributed by atoms with Crippen LogP contribution in [0.2, 0.25) is 0 Å². The first-order chi connectivity index (χ1) is 8.24. The van der Waals surface area contributed by atoms with Crippen LogP contribution in [0.5, 0.6) is 0 Å². The molecule has 1 aliphatic rings. The maximum Gasteiger partial charge on any atom is 0.0689 e. The molecule has 0 radical (unpaired) electrons. The monoisotopic (exact) mass is 227 g/mol. The predicted molar refractivity (Wildman–Crippen MR) is 70.4 cm³/mol. The topological polar surface area (TPSA) is 23.8 Å². The van der Waals surface area contributed by atoms with Crippen LogP contribution >= 0.6 is 0 Å². The molecule has 2 atom stereocenters. The van der Waals surface area contributed by atoms with Gasteiger partial charge in [0.2, 0.25) is 0 Å². The fraction of sp³-hybridized carbons (Fsp3) is 0.562. The summed E-state index contributed by atoms with van der Waals surface area (Å²) in [7, 11) is 0. The number of aryl methyl sites for hydroxylation is 1. The standard InChI is InChI=1S/C16H21N/c1-14-9-11-16(12-14,13-17)10-5-8-15-6-3-2-4-7-15/h2-4,6-7,14H,5,8-12H2,1H3. The molecule has 2 rings (SSSR count). The number of hydrogen-bond acceptors (Lipinski definition) is 1. The summed E-state index contributed by atoms with van der Waals surface area (Å²) in [5, 5.41) is 9.38. The van der Waals surface area contributed by atoms with Crippen molar-refractivity contribution in [1.29, 1.82) is 5.26 Å². The van der Waals surface area contributed by atoms with Crippen LogP contribution in [-0.2, 0) is 6.42 Å².